The summed E-state index contributed by atoms with van der Waals surface area (Å²) in [4.78, 5) is 12.5. The predicted octanol–water partition coefficient (Wildman–Crippen LogP) is 2.21. The fourth-order valence-electron chi connectivity index (χ4n) is 2.45. The molecule has 0 aliphatic carbocycles. The van der Waals surface area contributed by atoms with Crippen LogP contribution in [0.1, 0.15) is 18.1 Å². The van der Waals surface area contributed by atoms with Gasteiger partial charge in [0, 0.05) is 6.54 Å². The first-order chi connectivity index (χ1) is 9.79. The van der Waals surface area contributed by atoms with Crippen molar-refractivity contribution in [3.8, 4) is 0 Å². The van der Waals surface area contributed by atoms with Gasteiger partial charge in [-0.15, -0.1) is 0 Å². The quantitative estimate of drug-likeness (QED) is 0.787. The lowest BCUT2D eigenvalue weighted by molar-refractivity contribution is 0.705. The minimum atomic E-state index is 0.433. The summed E-state index contributed by atoms with van der Waals surface area (Å²) in [5.41, 5.74) is 10.0. The van der Waals surface area contributed by atoms with Gasteiger partial charge >= 0.3 is 0 Å². The number of benzene rings is 1. The molecule has 2 heterocycles. The number of aromatic nitrogens is 4. The molecule has 0 bridgehead atoms. The minimum Gasteiger partial charge on any atom is -0.382 e. The fraction of sp³-hybridized carbons (Fsp3) is 0.267. The van der Waals surface area contributed by atoms with E-state index in [0.29, 0.717) is 11.3 Å². The maximum Gasteiger partial charge on any atom is 0.165 e. The topological polar surface area (TPSA) is 69.6 Å². The number of aryl methyl sites for hydroxylation is 3. The Hall–Kier alpha value is -2.43. The van der Waals surface area contributed by atoms with E-state index in [2.05, 4.69) is 46.1 Å². The maximum absolute atomic E-state index is 5.80. The molecule has 0 aliphatic heterocycles. The van der Waals surface area contributed by atoms with Crippen molar-refractivity contribution in [1.82, 2.24) is 19.5 Å². The molecule has 0 atom stereocenters. The van der Waals surface area contributed by atoms with Crippen LogP contribution in [0.4, 0.5) is 5.82 Å². The molecule has 3 aromatic rings. The molecule has 20 heavy (non-hydrogen) atoms. The zero-order valence-electron chi connectivity index (χ0n) is 11.5. The lowest BCUT2D eigenvalue weighted by atomic mass is 10.0. The molecule has 0 radical (unpaired) electrons. The molecule has 5 heteroatoms. The molecule has 0 amide bonds. The third-order valence-corrected chi connectivity index (χ3v) is 3.55. The average molecular weight is 267 g/mol. The van der Waals surface area contributed by atoms with Crippen LogP contribution in [0, 0.1) is 0 Å². The lowest BCUT2D eigenvalue weighted by Crippen LogP contribution is -2.03. The summed E-state index contributed by atoms with van der Waals surface area (Å²) in [6.45, 7) is 3.02. The number of nitrogens with zero attached hydrogens (tertiary/aromatic N) is 4. The molecule has 0 unspecified atom stereocenters. The van der Waals surface area contributed by atoms with E-state index in [1.807, 2.05) is 4.57 Å². The molecule has 0 aliphatic rings. The van der Waals surface area contributed by atoms with Gasteiger partial charge in [0.2, 0.25) is 0 Å². The maximum atomic E-state index is 5.80. The summed E-state index contributed by atoms with van der Waals surface area (Å²) < 4.78 is 2.03. The molecular formula is C15H17N5. The highest BCUT2D eigenvalue weighted by Gasteiger charge is 2.08. The molecule has 3 rings (SSSR count). The van der Waals surface area contributed by atoms with Crippen LogP contribution in [0.15, 0.2) is 36.9 Å². The first-order valence-electron chi connectivity index (χ1n) is 6.77. The molecule has 1 aromatic carbocycles. The molecule has 2 aromatic heterocycles. The Labute approximate surface area is 117 Å². The van der Waals surface area contributed by atoms with Crippen molar-refractivity contribution in [1.29, 1.82) is 0 Å². The molecule has 0 fully saturated rings. The second kappa shape index (κ2) is 5.28. The summed E-state index contributed by atoms with van der Waals surface area (Å²) in [7, 11) is 0. The monoisotopic (exact) mass is 267 g/mol. The highest BCUT2D eigenvalue weighted by atomic mass is 15.1. The number of rotatable bonds is 4. The van der Waals surface area contributed by atoms with Crippen molar-refractivity contribution < 1.29 is 0 Å². The Balaban J connectivity index is 1.85. The van der Waals surface area contributed by atoms with Gasteiger partial charge in [-0.05, 0) is 24.0 Å². The Kier molecular flexibility index (Phi) is 3.33. The van der Waals surface area contributed by atoms with E-state index in [-0.39, 0.29) is 0 Å². The molecule has 0 saturated heterocycles. The third-order valence-electron chi connectivity index (χ3n) is 3.55. The summed E-state index contributed by atoms with van der Waals surface area (Å²) in [6, 6.07) is 8.53. The fourth-order valence-corrected chi connectivity index (χ4v) is 2.45. The summed E-state index contributed by atoms with van der Waals surface area (Å²) in [5.74, 6) is 0.433. The summed E-state index contributed by atoms with van der Waals surface area (Å²) >= 11 is 0. The molecule has 5 nitrogen and oxygen atoms in total. The molecule has 102 valence electrons. The second-order valence-corrected chi connectivity index (χ2v) is 4.74. The van der Waals surface area contributed by atoms with Crippen molar-refractivity contribution >= 4 is 17.0 Å². The Morgan fingerprint density at radius 3 is 2.70 bits per heavy atom. The normalized spacial score (nSPS) is 11.1. The number of anilines is 1. The van der Waals surface area contributed by atoms with E-state index in [0.717, 1.165) is 25.0 Å². The zero-order valence-corrected chi connectivity index (χ0v) is 11.5. The lowest BCUT2D eigenvalue weighted by Gasteiger charge is -2.08. The Morgan fingerprint density at radius 2 is 1.90 bits per heavy atom. The van der Waals surface area contributed by atoms with Crippen LogP contribution in [0.5, 0.6) is 0 Å². The summed E-state index contributed by atoms with van der Waals surface area (Å²) in [6.07, 6.45) is 5.27. The van der Waals surface area contributed by atoms with Gasteiger partial charge < -0.3 is 10.3 Å². The Bertz CT molecular complexity index is 732. The van der Waals surface area contributed by atoms with Gasteiger partial charge in [-0.1, -0.05) is 31.2 Å². The average Bonchev–Trinajstić information content (AvgIpc) is 2.90. The SMILES string of the molecule is CCc1ccccc1CCn1cnc2c(N)ncnc21. The van der Waals surface area contributed by atoms with Crippen molar-refractivity contribution in [2.75, 3.05) is 5.73 Å². The van der Waals surface area contributed by atoms with Crippen LogP contribution in [0.2, 0.25) is 0 Å². The molecule has 0 saturated carbocycles. The number of nitrogen functional groups attached to an aromatic ring is 1. The van der Waals surface area contributed by atoms with E-state index < -0.39 is 0 Å². The van der Waals surface area contributed by atoms with Gasteiger partial charge in [0.25, 0.3) is 0 Å². The van der Waals surface area contributed by atoms with Gasteiger partial charge in [-0.25, -0.2) is 15.0 Å². The van der Waals surface area contributed by atoms with Crippen molar-refractivity contribution in [3.05, 3.63) is 48.0 Å². The van der Waals surface area contributed by atoms with Gasteiger partial charge in [0.15, 0.2) is 11.5 Å². The van der Waals surface area contributed by atoms with E-state index in [4.69, 9.17) is 5.73 Å². The predicted molar refractivity (Wildman–Crippen MR) is 79.3 cm³/mol. The van der Waals surface area contributed by atoms with Gasteiger partial charge in [-0.2, -0.15) is 0 Å². The van der Waals surface area contributed by atoms with Crippen molar-refractivity contribution in [2.45, 2.75) is 26.3 Å². The highest BCUT2D eigenvalue weighted by molar-refractivity contribution is 5.81. The van der Waals surface area contributed by atoms with Crippen LogP contribution >= 0.6 is 0 Å². The van der Waals surface area contributed by atoms with E-state index in [1.165, 1.54) is 17.5 Å². The van der Waals surface area contributed by atoms with Crippen LogP contribution in [0.25, 0.3) is 11.2 Å². The second-order valence-electron chi connectivity index (χ2n) is 4.74. The number of nitrogens with two attached hydrogens (primary N) is 1. The van der Waals surface area contributed by atoms with Crippen LogP contribution in [-0.2, 0) is 19.4 Å². The third kappa shape index (κ3) is 2.22. The number of hydrogen-bond donors (Lipinski definition) is 1. The van der Waals surface area contributed by atoms with Crippen LogP contribution in [-0.4, -0.2) is 19.5 Å². The smallest absolute Gasteiger partial charge is 0.165 e. The van der Waals surface area contributed by atoms with Crippen molar-refractivity contribution in [2.24, 2.45) is 0 Å². The number of fused-ring (bicyclic) bond motifs is 1. The van der Waals surface area contributed by atoms with E-state index >= 15 is 0 Å². The first-order valence-corrected chi connectivity index (χ1v) is 6.77. The number of imidazole rings is 1. The van der Waals surface area contributed by atoms with Gasteiger partial charge in [0.05, 0.1) is 6.33 Å². The van der Waals surface area contributed by atoms with Crippen LogP contribution < -0.4 is 5.73 Å². The zero-order chi connectivity index (χ0) is 13.9. The standard InChI is InChI=1S/C15H17N5/c1-2-11-5-3-4-6-12(11)7-8-20-10-19-13-14(16)17-9-18-15(13)20/h3-6,9-10H,2,7-8H2,1H3,(H2,16,17,18). The van der Waals surface area contributed by atoms with Gasteiger partial charge in [0.1, 0.15) is 11.8 Å². The Morgan fingerprint density at radius 1 is 1.10 bits per heavy atom. The minimum absolute atomic E-state index is 0.433. The van der Waals surface area contributed by atoms with Gasteiger partial charge in [-0.3, -0.25) is 0 Å². The highest BCUT2D eigenvalue weighted by Crippen LogP contribution is 2.16. The molecule has 0 spiro atoms. The molecule has 2 N–H and O–H groups in total. The van der Waals surface area contributed by atoms with E-state index in [9.17, 15) is 0 Å². The number of hydrogen-bond acceptors (Lipinski definition) is 4. The summed E-state index contributed by atoms with van der Waals surface area (Å²) in [5, 5.41) is 0. The van der Waals surface area contributed by atoms with E-state index in [1.54, 1.807) is 6.33 Å². The van der Waals surface area contributed by atoms with Crippen molar-refractivity contribution in [3.63, 3.8) is 0 Å². The largest absolute Gasteiger partial charge is 0.382 e. The van der Waals surface area contributed by atoms with Crippen LogP contribution in [0.3, 0.4) is 0 Å². The first kappa shape index (κ1) is 12.6. The molecular weight excluding hydrogens is 250 g/mol.